The molecule has 7 heteroatoms. The molecule has 0 unspecified atom stereocenters. The van der Waals surface area contributed by atoms with Crippen LogP contribution >= 0.6 is 0 Å². The van der Waals surface area contributed by atoms with Crippen LogP contribution in [0.2, 0.25) is 0 Å². The number of carbonyl (C=O) groups is 2. The number of benzene rings is 2. The average molecular weight is 388 g/mol. The zero-order valence-electron chi connectivity index (χ0n) is 16.2. The highest BCUT2D eigenvalue weighted by Crippen LogP contribution is 2.24. The summed E-state index contributed by atoms with van der Waals surface area (Å²) in [6.45, 7) is 6.50. The van der Waals surface area contributed by atoms with Crippen molar-refractivity contribution in [1.82, 2.24) is 4.31 Å². The van der Waals surface area contributed by atoms with E-state index >= 15 is 0 Å². The van der Waals surface area contributed by atoms with Gasteiger partial charge in [-0.25, -0.2) is 8.42 Å². The molecule has 0 saturated carbocycles. The minimum atomic E-state index is -3.81. The lowest BCUT2D eigenvalue weighted by molar-refractivity contribution is -0.116. The van der Waals surface area contributed by atoms with E-state index in [2.05, 4.69) is 5.32 Å². The molecule has 0 bridgehead atoms. The lowest BCUT2D eigenvalue weighted by atomic mass is 10.1. The molecule has 0 aliphatic carbocycles. The van der Waals surface area contributed by atoms with E-state index in [1.807, 2.05) is 6.92 Å². The highest BCUT2D eigenvalue weighted by molar-refractivity contribution is 7.89. The average Bonchev–Trinajstić information content (AvgIpc) is 2.53. The third-order valence-corrected chi connectivity index (χ3v) is 6.30. The highest BCUT2D eigenvalue weighted by Gasteiger charge is 2.26. The van der Waals surface area contributed by atoms with Gasteiger partial charge in [-0.05, 0) is 51.0 Å². The summed E-state index contributed by atoms with van der Waals surface area (Å²) >= 11 is 0. The number of Topliss-reactive ketones (excluding diaryl/α,β-unsaturated/α-hetero) is 1. The van der Waals surface area contributed by atoms with Gasteiger partial charge in [0.05, 0.1) is 11.4 Å². The maximum absolute atomic E-state index is 12.9. The molecule has 2 aromatic carbocycles. The van der Waals surface area contributed by atoms with E-state index in [0.717, 1.165) is 9.87 Å². The van der Waals surface area contributed by atoms with Crippen LogP contribution < -0.4 is 5.32 Å². The number of hydrogen-bond donors (Lipinski definition) is 1. The third-order valence-electron chi connectivity index (χ3n) is 4.19. The molecule has 0 heterocycles. The van der Waals surface area contributed by atoms with Crippen LogP contribution in [0.1, 0.15) is 34.0 Å². The van der Waals surface area contributed by atoms with Crippen molar-refractivity contribution in [3.8, 4) is 0 Å². The molecule has 1 amide bonds. The first-order valence-corrected chi connectivity index (χ1v) is 9.91. The number of amides is 1. The molecule has 0 spiro atoms. The number of nitrogens with zero attached hydrogens (tertiary/aromatic N) is 1. The van der Waals surface area contributed by atoms with Crippen LogP contribution in [0.4, 0.5) is 5.69 Å². The molecular formula is C20H24N2O4S. The normalized spacial score (nSPS) is 11.5. The van der Waals surface area contributed by atoms with Crippen molar-refractivity contribution in [2.24, 2.45) is 0 Å². The van der Waals surface area contributed by atoms with Crippen LogP contribution in [0.5, 0.6) is 0 Å². The van der Waals surface area contributed by atoms with Crippen molar-refractivity contribution in [2.45, 2.75) is 32.6 Å². The van der Waals surface area contributed by atoms with Crippen molar-refractivity contribution in [1.29, 1.82) is 0 Å². The first-order chi connectivity index (χ1) is 12.5. The molecule has 2 aromatic rings. The van der Waals surface area contributed by atoms with Crippen molar-refractivity contribution in [2.75, 3.05) is 18.9 Å². The zero-order valence-corrected chi connectivity index (χ0v) is 17.0. The predicted molar refractivity (Wildman–Crippen MR) is 106 cm³/mol. The second-order valence-corrected chi connectivity index (χ2v) is 8.66. The SMILES string of the molecule is CC(=O)c1cccc(NC(=O)CN(C)S(=O)(=O)c2c(C)cc(C)cc2C)c1. The highest BCUT2D eigenvalue weighted by atomic mass is 32.2. The van der Waals surface area contributed by atoms with Crippen molar-refractivity contribution >= 4 is 27.4 Å². The van der Waals surface area contributed by atoms with Crippen LogP contribution in [0, 0.1) is 20.8 Å². The monoisotopic (exact) mass is 388 g/mol. The summed E-state index contributed by atoms with van der Waals surface area (Å²) in [5.41, 5.74) is 3.19. The van der Waals surface area contributed by atoms with Gasteiger partial charge in [0, 0.05) is 18.3 Å². The second-order valence-electron chi connectivity index (χ2n) is 6.67. The van der Waals surface area contributed by atoms with Gasteiger partial charge in [0.25, 0.3) is 0 Å². The minimum Gasteiger partial charge on any atom is -0.325 e. The quantitative estimate of drug-likeness (QED) is 0.771. The van der Waals surface area contributed by atoms with E-state index in [0.29, 0.717) is 22.4 Å². The molecule has 2 rings (SSSR count). The molecular weight excluding hydrogens is 364 g/mol. The summed E-state index contributed by atoms with van der Waals surface area (Å²) in [6.07, 6.45) is 0. The number of hydrogen-bond acceptors (Lipinski definition) is 4. The van der Waals surface area contributed by atoms with Gasteiger partial charge in [-0.3, -0.25) is 9.59 Å². The summed E-state index contributed by atoms with van der Waals surface area (Å²) in [5, 5.41) is 2.63. The predicted octanol–water partition coefficient (Wildman–Crippen LogP) is 3.07. The second kappa shape index (κ2) is 8.02. The first kappa shape index (κ1) is 20.8. The molecule has 0 atom stereocenters. The number of likely N-dealkylation sites (N-methyl/N-ethyl adjacent to an activating group) is 1. The summed E-state index contributed by atoms with van der Waals surface area (Å²) in [6, 6.07) is 10.1. The Kier molecular flexibility index (Phi) is 6.18. The van der Waals surface area contributed by atoms with Crippen LogP contribution in [-0.4, -0.2) is 38.0 Å². The number of aryl methyl sites for hydroxylation is 3. The molecule has 6 nitrogen and oxygen atoms in total. The fraction of sp³-hybridized carbons (Fsp3) is 0.300. The topological polar surface area (TPSA) is 83.6 Å². The largest absolute Gasteiger partial charge is 0.325 e. The van der Waals surface area contributed by atoms with Gasteiger partial charge in [0.2, 0.25) is 15.9 Å². The van der Waals surface area contributed by atoms with Crippen LogP contribution in [0.15, 0.2) is 41.3 Å². The van der Waals surface area contributed by atoms with Gasteiger partial charge in [0.15, 0.2) is 5.78 Å². The molecule has 0 aliphatic rings. The summed E-state index contributed by atoms with van der Waals surface area (Å²) in [7, 11) is -2.43. The maximum Gasteiger partial charge on any atom is 0.243 e. The number of ketones is 1. The van der Waals surface area contributed by atoms with Crippen molar-refractivity contribution < 1.29 is 18.0 Å². The number of carbonyl (C=O) groups excluding carboxylic acids is 2. The molecule has 0 aliphatic heterocycles. The minimum absolute atomic E-state index is 0.115. The lowest BCUT2D eigenvalue weighted by Gasteiger charge is -2.20. The smallest absolute Gasteiger partial charge is 0.243 e. The van der Waals surface area contributed by atoms with Gasteiger partial charge in [-0.2, -0.15) is 4.31 Å². The van der Waals surface area contributed by atoms with E-state index in [-0.39, 0.29) is 17.2 Å². The van der Waals surface area contributed by atoms with Crippen LogP contribution in [0.3, 0.4) is 0 Å². The fourth-order valence-corrected chi connectivity index (χ4v) is 4.56. The first-order valence-electron chi connectivity index (χ1n) is 8.47. The maximum atomic E-state index is 12.9. The number of sulfonamides is 1. The fourth-order valence-electron chi connectivity index (χ4n) is 3.03. The number of nitrogens with one attached hydrogen (secondary N) is 1. The molecule has 0 radical (unpaired) electrons. The summed E-state index contributed by atoms with van der Waals surface area (Å²) < 4.78 is 26.9. The van der Waals surface area contributed by atoms with Crippen molar-refractivity contribution in [3.63, 3.8) is 0 Å². The Hall–Kier alpha value is -2.51. The molecule has 27 heavy (non-hydrogen) atoms. The molecule has 0 saturated heterocycles. The van der Waals surface area contributed by atoms with Gasteiger partial charge >= 0.3 is 0 Å². The van der Waals surface area contributed by atoms with E-state index in [1.54, 1.807) is 50.2 Å². The Labute approximate surface area is 160 Å². The number of rotatable bonds is 6. The van der Waals surface area contributed by atoms with E-state index in [4.69, 9.17) is 0 Å². The van der Waals surface area contributed by atoms with E-state index in [1.165, 1.54) is 14.0 Å². The summed E-state index contributed by atoms with van der Waals surface area (Å²) in [4.78, 5) is 24.0. The Balaban J connectivity index is 2.19. The Morgan fingerprint density at radius 1 is 1.04 bits per heavy atom. The van der Waals surface area contributed by atoms with Crippen LogP contribution in [-0.2, 0) is 14.8 Å². The zero-order chi connectivity index (χ0) is 20.4. The summed E-state index contributed by atoms with van der Waals surface area (Å²) in [5.74, 6) is -0.597. The van der Waals surface area contributed by atoms with E-state index < -0.39 is 15.9 Å². The van der Waals surface area contributed by atoms with E-state index in [9.17, 15) is 18.0 Å². The van der Waals surface area contributed by atoms with Gasteiger partial charge in [-0.15, -0.1) is 0 Å². The lowest BCUT2D eigenvalue weighted by Crippen LogP contribution is -2.35. The van der Waals surface area contributed by atoms with Gasteiger partial charge in [-0.1, -0.05) is 29.8 Å². The molecule has 0 fully saturated rings. The van der Waals surface area contributed by atoms with Gasteiger partial charge in [0.1, 0.15) is 0 Å². The molecule has 1 N–H and O–H groups in total. The Morgan fingerprint density at radius 3 is 2.19 bits per heavy atom. The molecule has 0 aromatic heterocycles. The number of anilines is 1. The van der Waals surface area contributed by atoms with Gasteiger partial charge < -0.3 is 5.32 Å². The Morgan fingerprint density at radius 2 is 1.63 bits per heavy atom. The van der Waals surface area contributed by atoms with Crippen molar-refractivity contribution in [3.05, 3.63) is 58.7 Å². The van der Waals surface area contributed by atoms with Crippen LogP contribution in [0.25, 0.3) is 0 Å². The Bertz CT molecular complexity index is 974. The third kappa shape index (κ3) is 4.81. The molecule has 144 valence electrons. The standard InChI is InChI=1S/C20H24N2O4S/c1-13-9-14(2)20(15(3)10-13)27(25,26)22(5)12-19(24)21-18-8-6-7-17(11-18)16(4)23/h6-11H,12H2,1-5H3,(H,21,24).